The lowest BCUT2D eigenvalue weighted by Gasteiger charge is -2.03. The monoisotopic (exact) mass is 374 g/mol. The third-order valence-corrected chi connectivity index (χ3v) is 5.92. The molecule has 2 heterocycles. The van der Waals surface area contributed by atoms with Crippen molar-refractivity contribution < 1.29 is 0 Å². The molecule has 26 heavy (non-hydrogen) atoms. The van der Waals surface area contributed by atoms with Crippen LogP contribution in [0.1, 0.15) is 0 Å². The minimum Gasteiger partial charge on any atom is -0.353 e. The van der Waals surface area contributed by atoms with Crippen molar-refractivity contribution in [3.8, 4) is 0 Å². The molecule has 0 amide bonds. The van der Waals surface area contributed by atoms with Gasteiger partial charge in [-0.2, -0.15) is 0 Å². The summed E-state index contributed by atoms with van der Waals surface area (Å²) < 4.78 is 0. The standard InChI is InChI=1S/C22H12Cl2N2/c23-15-5-1-3-13-19-11-7-10-18-20(12(11)8-9-17(19)25-21(13)15)14-4-2-6-16(24)22(14)26-18/h1-10,25-26H. The second-order valence-corrected chi connectivity index (χ2v) is 7.46. The highest BCUT2D eigenvalue weighted by molar-refractivity contribution is 6.39. The lowest BCUT2D eigenvalue weighted by Crippen LogP contribution is -1.77. The predicted octanol–water partition coefficient (Wildman–Crippen LogP) is 7.42. The minimum absolute atomic E-state index is 0.742. The number of rotatable bonds is 0. The van der Waals surface area contributed by atoms with Crippen LogP contribution >= 0.6 is 23.2 Å². The highest BCUT2D eigenvalue weighted by Crippen LogP contribution is 2.40. The first-order valence-electron chi connectivity index (χ1n) is 8.44. The molecule has 0 aliphatic rings. The second kappa shape index (κ2) is 4.94. The van der Waals surface area contributed by atoms with Gasteiger partial charge in [-0.05, 0) is 35.0 Å². The van der Waals surface area contributed by atoms with E-state index in [2.05, 4.69) is 46.4 Å². The molecule has 4 heteroatoms. The number of para-hydroxylation sites is 2. The lowest BCUT2D eigenvalue weighted by atomic mass is 9.99. The molecule has 0 unspecified atom stereocenters. The van der Waals surface area contributed by atoms with E-state index in [1.54, 1.807) is 0 Å². The van der Waals surface area contributed by atoms with Gasteiger partial charge in [-0.15, -0.1) is 0 Å². The van der Waals surface area contributed by atoms with E-state index in [1.165, 1.54) is 21.5 Å². The highest BCUT2D eigenvalue weighted by Gasteiger charge is 2.14. The first kappa shape index (κ1) is 14.5. The van der Waals surface area contributed by atoms with Gasteiger partial charge in [0.2, 0.25) is 0 Å². The molecular formula is C22H12Cl2N2. The van der Waals surface area contributed by atoms with Gasteiger partial charge >= 0.3 is 0 Å². The third-order valence-electron chi connectivity index (χ3n) is 5.29. The van der Waals surface area contributed by atoms with Crippen molar-refractivity contribution in [2.75, 3.05) is 0 Å². The van der Waals surface area contributed by atoms with Crippen molar-refractivity contribution in [3.63, 3.8) is 0 Å². The Bertz CT molecular complexity index is 1390. The molecule has 0 saturated carbocycles. The van der Waals surface area contributed by atoms with Crippen LogP contribution in [0.15, 0.2) is 60.7 Å². The van der Waals surface area contributed by atoms with Gasteiger partial charge in [-0.1, -0.05) is 59.6 Å². The fourth-order valence-electron chi connectivity index (χ4n) is 4.18. The van der Waals surface area contributed by atoms with Crippen molar-refractivity contribution in [2.24, 2.45) is 0 Å². The highest BCUT2D eigenvalue weighted by atomic mass is 35.5. The summed E-state index contributed by atoms with van der Waals surface area (Å²) in [6, 6.07) is 20.7. The summed E-state index contributed by atoms with van der Waals surface area (Å²) in [6.45, 7) is 0. The summed E-state index contributed by atoms with van der Waals surface area (Å²) in [6.07, 6.45) is 0. The molecule has 0 bridgehead atoms. The normalized spacial score (nSPS) is 12.2. The molecule has 2 aromatic heterocycles. The maximum atomic E-state index is 6.40. The largest absolute Gasteiger partial charge is 0.353 e. The topological polar surface area (TPSA) is 31.6 Å². The number of fused-ring (bicyclic) bond motifs is 9. The van der Waals surface area contributed by atoms with Crippen LogP contribution in [0.4, 0.5) is 0 Å². The summed E-state index contributed by atoms with van der Waals surface area (Å²) in [4.78, 5) is 6.93. The van der Waals surface area contributed by atoms with Crippen molar-refractivity contribution in [3.05, 3.63) is 70.7 Å². The summed E-state index contributed by atoms with van der Waals surface area (Å²) in [5, 5.41) is 8.62. The molecular weight excluding hydrogens is 363 g/mol. The van der Waals surface area contributed by atoms with E-state index in [-0.39, 0.29) is 0 Å². The molecule has 4 aromatic carbocycles. The van der Waals surface area contributed by atoms with Crippen molar-refractivity contribution in [2.45, 2.75) is 0 Å². The van der Waals surface area contributed by atoms with Gasteiger partial charge in [-0.3, -0.25) is 0 Å². The molecule has 0 aliphatic heterocycles. The molecule has 6 aromatic rings. The summed E-state index contributed by atoms with van der Waals surface area (Å²) in [7, 11) is 0. The molecule has 0 spiro atoms. The van der Waals surface area contributed by atoms with Gasteiger partial charge in [0.05, 0.1) is 21.1 Å². The van der Waals surface area contributed by atoms with Crippen LogP contribution in [0, 0.1) is 0 Å². The Balaban J connectivity index is 1.91. The minimum atomic E-state index is 0.742. The molecule has 2 nitrogen and oxygen atoms in total. The van der Waals surface area contributed by atoms with Gasteiger partial charge in [0, 0.05) is 32.6 Å². The number of nitrogens with one attached hydrogen (secondary N) is 2. The van der Waals surface area contributed by atoms with E-state index in [0.717, 1.165) is 42.9 Å². The Morgan fingerprint density at radius 3 is 1.42 bits per heavy atom. The SMILES string of the molecule is Clc1cccc2c1[nH]c1ccc3c(ccc4[nH]c5c(Cl)cccc5c43)c12. The molecule has 0 saturated heterocycles. The zero-order valence-corrected chi connectivity index (χ0v) is 15.0. The van der Waals surface area contributed by atoms with Gasteiger partial charge in [0.25, 0.3) is 0 Å². The first-order valence-corrected chi connectivity index (χ1v) is 9.19. The van der Waals surface area contributed by atoms with Crippen LogP contribution in [-0.2, 0) is 0 Å². The van der Waals surface area contributed by atoms with Crippen molar-refractivity contribution >= 4 is 77.6 Å². The van der Waals surface area contributed by atoms with Crippen LogP contribution in [0.25, 0.3) is 54.4 Å². The van der Waals surface area contributed by atoms with E-state index in [1.807, 2.05) is 24.3 Å². The molecule has 0 atom stereocenters. The maximum Gasteiger partial charge on any atom is 0.0654 e. The number of hydrogen-bond donors (Lipinski definition) is 2. The van der Waals surface area contributed by atoms with E-state index in [0.29, 0.717) is 0 Å². The molecule has 6 rings (SSSR count). The lowest BCUT2D eigenvalue weighted by molar-refractivity contribution is 1.55. The van der Waals surface area contributed by atoms with Gasteiger partial charge in [-0.25, -0.2) is 0 Å². The Labute approximate surface area is 158 Å². The zero-order valence-electron chi connectivity index (χ0n) is 13.5. The number of halogens is 2. The van der Waals surface area contributed by atoms with E-state index < -0.39 is 0 Å². The molecule has 124 valence electrons. The average Bonchev–Trinajstić information content (AvgIpc) is 3.22. The summed E-state index contributed by atoms with van der Waals surface area (Å²) in [5.74, 6) is 0. The Kier molecular flexibility index (Phi) is 2.75. The molecule has 2 N–H and O–H groups in total. The Hall–Kier alpha value is -2.68. The van der Waals surface area contributed by atoms with Crippen molar-refractivity contribution in [1.29, 1.82) is 0 Å². The first-order chi connectivity index (χ1) is 12.7. The Morgan fingerprint density at radius 1 is 0.500 bits per heavy atom. The molecule has 0 fully saturated rings. The van der Waals surface area contributed by atoms with Crippen LogP contribution in [0.5, 0.6) is 0 Å². The number of aromatic amines is 2. The number of benzene rings is 4. The number of aromatic nitrogens is 2. The third kappa shape index (κ3) is 1.73. The van der Waals surface area contributed by atoms with E-state index in [4.69, 9.17) is 23.2 Å². The summed E-state index contributed by atoms with van der Waals surface area (Å²) >= 11 is 12.8. The summed E-state index contributed by atoms with van der Waals surface area (Å²) in [5.41, 5.74) is 4.16. The fourth-order valence-corrected chi connectivity index (χ4v) is 4.63. The van der Waals surface area contributed by atoms with Crippen LogP contribution in [0.2, 0.25) is 10.0 Å². The van der Waals surface area contributed by atoms with E-state index in [9.17, 15) is 0 Å². The average molecular weight is 375 g/mol. The van der Waals surface area contributed by atoms with Gasteiger partial charge in [0.1, 0.15) is 0 Å². The maximum absolute atomic E-state index is 6.40. The van der Waals surface area contributed by atoms with E-state index >= 15 is 0 Å². The second-order valence-electron chi connectivity index (χ2n) is 6.65. The number of hydrogen-bond acceptors (Lipinski definition) is 0. The molecule has 0 radical (unpaired) electrons. The van der Waals surface area contributed by atoms with Gasteiger partial charge in [0.15, 0.2) is 0 Å². The van der Waals surface area contributed by atoms with Crippen molar-refractivity contribution in [1.82, 2.24) is 9.97 Å². The van der Waals surface area contributed by atoms with Crippen LogP contribution < -0.4 is 0 Å². The quantitative estimate of drug-likeness (QED) is 0.277. The van der Waals surface area contributed by atoms with Gasteiger partial charge < -0.3 is 9.97 Å². The Morgan fingerprint density at radius 2 is 0.962 bits per heavy atom. The van der Waals surface area contributed by atoms with Crippen LogP contribution in [0.3, 0.4) is 0 Å². The molecule has 0 aliphatic carbocycles. The smallest absolute Gasteiger partial charge is 0.0654 e. The predicted molar refractivity (Wildman–Crippen MR) is 113 cm³/mol. The number of H-pyrrole nitrogens is 2. The zero-order chi connectivity index (χ0) is 17.4. The van der Waals surface area contributed by atoms with Crippen LogP contribution in [-0.4, -0.2) is 9.97 Å². The fraction of sp³-hybridized carbons (Fsp3) is 0.